The van der Waals surface area contributed by atoms with Gasteiger partial charge in [0.1, 0.15) is 0 Å². The molecule has 0 radical (unpaired) electrons. The summed E-state index contributed by atoms with van der Waals surface area (Å²) in [5, 5.41) is 3.57. The number of halogens is 1. The Kier molecular flexibility index (Phi) is 7.96. The van der Waals surface area contributed by atoms with Crippen molar-refractivity contribution in [3.63, 3.8) is 0 Å². The summed E-state index contributed by atoms with van der Waals surface area (Å²) in [7, 11) is 0. The third-order valence-electron chi connectivity index (χ3n) is 6.71. The average molecular weight is 497 g/mol. The molecule has 4 rings (SSSR count). The van der Waals surface area contributed by atoms with Gasteiger partial charge >= 0.3 is 0 Å². The second-order valence-corrected chi connectivity index (χ2v) is 9.55. The Morgan fingerprint density at radius 2 is 1.69 bits per heavy atom. The molecule has 3 amide bonds. The van der Waals surface area contributed by atoms with Crippen molar-refractivity contribution in [3.05, 3.63) is 58.6 Å². The van der Waals surface area contributed by atoms with Gasteiger partial charge in [-0.15, -0.1) is 0 Å². The van der Waals surface area contributed by atoms with Gasteiger partial charge in [0.05, 0.1) is 5.56 Å². The maximum Gasteiger partial charge on any atom is 0.256 e. The number of rotatable bonds is 7. The lowest BCUT2D eigenvalue weighted by Gasteiger charge is -2.28. The molecule has 2 aromatic rings. The van der Waals surface area contributed by atoms with Crippen molar-refractivity contribution in [2.24, 2.45) is 5.92 Å². The van der Waals surface area contributed by atoms with E-state index in [4.69, 9.17) is 11.6 Å². The summed E-state index contributed by atoms with van der Waals surface area (Å²) in [6.45, 7) is 7.70. The third kappa shape index (κ3) is 5.96. The standard InChI is InChI=1S/C27H33ClN4O3/c1-3-30(4-2)27(35)23-18-22(29-25(33)19-6-7-19)12-13-24(23)31-14-5-15-32(17-16-31)26(34)20-8-10-21(28)11-9-20/h8-13,18-19H,3-7,14-17H2,1-2H3,(H,29,33). The highest BCUT2D eigenvalue weighted by Gasteiger charge is 2.30. The van der Waals surface area contributed by atoms with Gasteiger partial charge in [-0.3, -0.25) is 14.4 Å². The first kappa shape index (κ1) is 25.0. The Bertz CT molecular complexity index is 1080. The minimum absolute atomic E-state index is 0.0129. The summed E-state index contributed by atoms with van der Waals surface area (Å²) < 4.78 is 0. The molecule has 1 saturated carbocycles. The third-order valence-corrected chi connectivity index (χ3v) is 6.96. The van der Waals surface area contributed by atoms with E-state index in [1.54, 1.807) is 35.2 Å². The van der Waals surface area contributed by atoms with Crippen molar-refractivity contribution < 1.29 is 14.4 Å². The zero-order valence-corrected chi connectivity index (χ0v) is 21.2. The summed E-state index contributed by atoms with van der Waals surface area (Å²) in [4.78, 5) is 44.6. The van der Waals surface area contributed by atoms with Crippen LogP contribution in [-0.2, 0) is 4.79 Å². The SMILES string of the molecule is CCN(CC)C(=O)c1cc(NC(=O)C2CC2)ccc1N1CCCN(C(=O)c2ccc(Cl)cc2)CC1. The lowest BCUT2D eigenvalue weighted by atomic mass is 10.1. The summed E-state index contributed by atoms with van der Waals surface area (Å²) in [6.07, 6.45) is 2.64. The molecule has 0 spiro atoms. The van der Waals surface area contributed by atoms with Crippen LogP contribution >= 0.6 is 11.6 Å². The van der Waals surface area contributed by atoms with Gasteiger partial charge in [0.2, 0.25) is 5.91 Å². The number of benzene rings is 2. The van der Waals surface area contributed by atoms with Crippen LogP contribution in [0, 0.1) is 5.92 Å². The van der Waals surface area contributed by atoms with Crippen LogP contribution in [0.15, 0.2) is 42.5 Å². The normalized spacial score (nSPS) is 16.0. The largest absolute Gasteiger partial charge is 0.369 e. The quantitative estimate of drug-likeness (QED) is 0.611. The van der Waals surface area contributed by atoms with Crippen LogP contribution in [-0.4, -0.2) is 66.8 Å². The van der Waals surface area contributed by atoms with E-state index in [2.05, 4.69) is 10.2 Å². The van der Waals surface area contributed by atoms with E-state index in [0.29, 0.717) is 54.6 Å². The van der Waals surface area contributed by atoms with E-state index in [1.165, 1.54) is 0 Å². The predicted molar refractivity (Wildman–Crippen MR) is 139 cm³/mol. The molecule has 0 atom stereocenters. The van der Waals surface area contributed by atoms with E-state index >= 15 is 0 Å². The minimum atomic E-state index is -0.0501. The molecule has 1 aliphatic carbocycles. The maximum absolute atomic E-state index is 13.4. The monoisotopic (exact) mass is 496 g/mol. The number of nitrogens with zero attached hydrogens (tertiary/aromatic N) is 3. The van der Waals surface area contributed by atoms with Gasteiger partial charge in [0, 0.05) is 67.1 Å². The number of nitrogens with one attached hydrogen (secondary N) is 1. The Hall–Kier alpha value is -3.06. The molecule has 0 bridgehead atoms. The number of carbonyl (C=O) groups excluding carboxylic acids is 3. The Morgan fingerprint density at radius 3 is 2.34 bits per heavy atom. The second kappa shape index (κ2) is 11.1. The minimum Gasteiger partial charge on any atom is -0.369 e. The first-order chi connectivity index (χ1) is 16.9. The predicted octanol–water partition coefficient (Wildman–Crippen LogP) is 4.52. The fraction of sp³-hybridized carbons (Fsp3) is 0.444. The van der Waals surface area contributed by atoms with Crippen LogP contribution in [0.1, 0.15) is 53.8 Å². The van der Waals surface area contributed by atoms with E-state index < -0.39 is 0 Å². The molecule has 1 saturated heterocycles. The van der Waals surface area contributed by atoms with E-state index in [9.17, 15) is 14.4 Å². The van der Waals surface area contributed by atoms with Gasteiger partial charge in [-0.1, -0.05) is 11.6 Å². The van der Waals surface area contributed by atoms with Crippen molar-refractivity contribution in [2.45, 2.75) is 33.1 Å². The van der Waals surface area contributed by atoms with Crippen LogP contribution in [0.2, 0.25) is 5.02 Å². The molecule has 2 fully saturated rings. The molecule has 2 aromatic carbocycles. The van der Waals surface area contributed by atoms with Crippen molar-refractivity contribution >= 4 is 40.7 Å². The van der Waals surface area contributed by atoms with Gasteiger partial charge < -0.3 is 20.0 Å². The molecule has 1 heterocycles. The highest BCUT2D eigenvalue weighted by atomic mass is 35.5. The Balaban J connectivity index is 1.55. The molecule has 0 aromatic heterocycles. The molecule has 186 valence electrons. The molecule has 0 unspecified atom stereocenters. The number of anilines is 2. The van der Waals surface area contributed by atoms with E-state index in [0.717, 1.165) is 31.5 Å². The smallest absolute Gasteiger partial charge is 0.256 e. The number of amides is 3. The number of hydrogen-bond acceptors (Lipinski definition) is 4. The fourth-order valence-corrected chi connectivity index (χ4v) is 4.59. The molecule has 2 aliphatic rings. The summed E-state index contributed by atoms with van der Waals surface area (Å²) in [5.41, 5.74) is 2.69. The topological polar surface area (TPSA) is 73.0 Å². The van der Waals surface area contributed by atoms with Crippen molar-refractivity contribution in [3.8, 4) is 0 Å². The van der Waals surface area contributed by atoms with E-state index in [-0.39, 0.29) is 23.6 Å². The van der Waals surface area contributed by atoms with Crippen molar-refractivity contribution in [2.75, 3.05) is 49.5 Å². The van der Waals surface area contributed by atoms with Gasteiger partial charge in [0.25, 0.3) is 11.8 Å². The Labute approximate surface area is 212 Å². The Morgan fingerprint density at radius 1 is 0.971 bits per heavy atom. The molecular weight excluding hydrogens is 464 g/mol. The van der Waals surface area contributed by atoms with Crippen molar-refractivity contribution in [1.82, 2.24) is 9.80 Å². The van der Waals surface area contributed by atoms with Gasteiger partial charge in [-0.05, 0) is 75.6 Å². The summed E-state index contributed by atoms with van der Waals surface area (Å²) in [6, 6.07) is 12.6. The number of hydrogen-bond donors (Lipinski definition) is 1. The molecule has 8 heteroatoms. The van der Waals surface area contributed by atoms with Crippen LogP contribution < -0.4 is 10.2 Å². The zero-order valence-electron chi connectivity index (χ0n) is 20.4. The average Bonchev–Trinajstić information content (AvgIpc) is 3.72. The summed E-state index contributed by atoms with van der Waals surface area (Å²) >= 11 is 5.97. The molecule has 1 N–H and O–H groups in total. The first-order valence-corrected chi connectivity index (χ1v) is 12.8. The molecule has 1 aliphatic heterocycles. The molecular formula is C27H33ClN4O3. The van der Waals surface area contributed by atoms with Crippen molar-refractivity contribution in [1.29, 1.82) is 0 Å². The second-order valence-electron chi connectivity index (χ2n) is 9.11. The number of carbonyl (C=O) groups is 3. The molecule has 35 heavy (non-hydrogen) atoms. The van der Waals surface area contributed by atoms with E-state index in [1.807, 2.05) is 30.9 Å². The van der Waals surface area contributed by atoms with Gasteiger partial charge in [0.15, 0.2) is 0 Å². The highest BCUT2D eigenvalue weighted by Crippen LogP contribution is 2.32. The fourth-order valence-electron chi connectivity index (χ4n) is 4.47. The van der Waals surface area contributed by atoms with Crippen LogP contribution in [0.5, 0.6) is 0 Å². The highest BCUT2D eigenvalue weighted by molar-refractivity contribution is 6.30. The summed E-state index contributed by atoms with van der Waals surface area (Å²) in [5.74, 6) is 0.0449. The first-order valence-electron chi connectivity index (χ1n) is 12.4. The lowest BCUT2D eigenvalue weighted by molar-refractivity contribution is -0.117. The van der Waals surface area contributed by atoms with Crippen LogP contribution in [0.3, 0.4) is 0 Å². The lowest BCUT2D eigenvalue weighted by Crippen LogP contribution is -2.36. The van der Waals surface area contributed by atoms with Crippen LogP contribution in [0.25, 0.3) is 0 Å². The zero-order chi connectivity index (χ0) is 24.9. The maximum atomic E-state index is 13.4. The van der Waals surface area contributed by atoms with Gasteiger partial charge in [-0.2, -0.15) is 0 Å². The van der Waals surface area contributed by atoms with Gasteiger partial charge in [-0.25, -0.2) is 0 Å². The van der Waals surface area contributed by atoms with Crippen LogP contribution in [0.4, 0.5) is 11.4 Å². The molecule has 7 nitrogen and oxygen atoms in total.